The molecule has 1 aromatic heterocycles. The number of benzene rings is 9. The number of aromatic nitrogens is 1. The minimum Gasteiger partial charge on any atom is -0.309 e. The van der Waals surface area contributed by atoms with E-state index in [1.54, 1.807) is 0 Å². The van der Waals surface area contributed by atoms with Gasteiger partial charge in [0.2, 0.25) is 0 Å². The van der Waals surface area contributed by atoms with Crippen molar-refractivity contribution >= 4 is 54.1 Å². The van der Waals surface area contributed by atoms with Crippen molar-refractivity contribution in [3.8, 4) is 27.9 Å². The van der Waals surface area contributed by atoms with E-state index in [9.17, 15) is 0 Å². The first-order valence-electron chi connectivity index (χ1n) is 17.9. The molecule has 1 spiro atoms. The summed E-state index contributed by atoms with van der Waals surface area (Å²) in [6.07, 6.45) is 0. The highest BCUT2D eigenvalue weighted by Crippen LogP contribution is 2.64. The minimum absolute atomic E-state index is 0.455. The number of hydrogen-bond donors (Lipinski definition) is 0. The number of nitrogens with zero attached hydrogens (tertiary/aromatic N) is 1. The lowest BCUT2D eigenvalue weighted by Crippen LogP contribution is -2.26. The van der Waals surface area contributed by atoms with Crippen LogP contribution in [0.2, 0.25) is 0 Å². The van der Waals surface area contributed by atoms with E-state index >= 15 is 0 Å². The van der Waals surface area contributed by atoms with E-state index in [0.717, 1.165) is 0 Å². The van der Waals surface area contributed by atoms with E-state index in [4.69, 9.17) is 0 Å². The fourth-order valence-electron chi connectivity index (χ4n) is 10.0. The molecule has 10 aromatic rings. The molecule has 2 aliphatic carbocycles. The van der Waals surface area contributed by atoms with Crippen LogP contribution in [-0.4, -0.2) is 4.57 Å². The topological polar surface area (TPSA) is 4.93 Å². The van der Waals surface area contributed by atoms with Crippen LogP contribution in [0.3, 0.4) is 0 Å². The number of aryl methyl sites for hydroxylation is 1. The SMILES string of the molecule is Cc1ccc2c(c1)c1ccccc1c1cc3c(cc21)C1(c2ccccc2-c2ccccc21)c1cc(-n2c4ccccc4c4ccccc42)ccc1-3. The van der Waals surface area contributed by atoms with Gasteiger partial charge in [0, 0.05) is 16.5 Å². The Hall–Kier alpha value is -6.44. The Morgan fingerprint density at radius 2 is 0.824 bits per heavy atom. The summed E-state index contributed by atoms with van der Waals surface area (Å²) in [5.41, 5.74) is 15.2. The Kier molecular flexibility index (Phi) is 5.17. The number of para-hydroxylation sites is 2. The van der Waals surface area contributed by atoms with E-state index in [2.05, 4.69) is 181 Å². The van der Waals surface area contributed by atoms with Crippen LogP contribution < -0.4 is 0 Å². The Morgan fingerprint density at radius 3 is 1.49 bits per heavy atom. The third-order valence-corrected chi connectivity index (χ3v) is 12.0. The first-order chi connectivity index (χ1) is 25.2. The van der Waals surface area contributed by atoms with Crippen LogP contribution in [-0.2, 0) is 5.41 Å². The van der Waals surface area contributed by atoms with E-state index in [0.29, 0.717) is 0 Å². The molecular weight excluding hydrogens is 615 g/mol. The summed E-state index contributed by atoms with van der Waals surface area (Å²) in [5.74, 6) is 0. The molecule has 51 heavy (non-hydrogen) atoms. The van der Waals surface area contributed by atoms with Crippen molar-refractivity contribution < 1.29 is 0 Å². The van der Waals surface area contributed by atoms with Crippen LogP contribution in [0.25, 0.3) is 82.1 Å². The lowest BCUT2D eigenvalue weighted by atomic mass is 9.70. The predicted molar refractivity (Wildman–Crippen MR) is 214 cm³/mol. The average Bonchev–Trinajstić information content (AvgIpc) is 3.79. The summed E-state index contributed by atoms with van der Waals surface area (Å²) in [7, 11) is 0. The molecule has 0 saturated carbocycles. The molecule has 1 heteroatoms. The zero-order valence-corrected chi connectivity index (χ0v) is 28.1. The van der Waals surface area contributed by atoms with Gasteiger partial charge in [-0.1, -0.05) is 139 Å². The van der Waals surface area contributed by atoms with Gasteiger partial charge in [-0.25, -0.2) is 0 Å². The maximum Gasteiger partial charge on any atom is 0.0726 e. The van der Waals surface area contributed by atoms with Crippen LogP contribution in [0.1, 0.15) is 27.8 Å². The molecule has 0 amide bonds. The summed E-state index contributed by atoms with van der Waals surface area (Å²) in [6, 6.07) is 64.2. The zero-order valence-electron chi connectivity index (χ0n) is 28.1. The molecule has 12 rings (SSSR count). The van der Waals surface area contributed by atoms with Gasteiger partial charge in [-0.05, 0) is 120 Å². The molecule has 1 nitrogen and oxygen atoms in total. The van der Waals surface area contributed by atoms with Gasteiger partial charge in [0.05, 0.1) is 16.4 Å². The molecule has 0 unspecified atom stereocenters. The molecule has 0 aliphatic heterocycles. The second-order valence-electron chi connectivity index (χ2n) is 14.5. The van der Waals surface area contributed by atoms with Gasteiger partial charge < -0.3 is 4.57 Å². The molecule has 1 heterocycles. The summed E-state index contributed by atoms with van der Waals surface area (Å²) < 4.78 is 2.47. The van der Waals surface area contributed by atoms with Crippen LogP contribution >= 0.6 is 0 Å². The van der Waals surface area contributed by atoms with Crippen LogP contribution in [0, 0.1) is 6.92 Å². The minimum atomic E-state index is -0.455. The third-order valence-electron chi connectivity index (χ3n) is 12.0. The molecule has 0 saturated heterocycles. The van der Waals surface area contributed by atoms with Crippen LogP contribution in [0.4, 0.5) is 0 Å². The van der Waals surface area contributed by atoms with E-state index < -0.39 is 5.41 Å². The largest absolute Gasteiger partial charge is 0.309 e. The first-order valence-corrected chi connectivity index (χ1v) is 17.9. The van der Waals surface area contributed by atoms with Crippen molar-refractivity contribution in [2.45, 2.75) is 12.3 Å². The van der Waals surface area contributed by atoms with Crippen molar-refractivity contribution in [3.05, 3.63) is 198 Å². The van der Waals surface area contributed by atoms with Crippen LogP contribution in [0.5, 0.6) is 0 Å². The van der Waals surface area contributed by atoms with Gasteiger partial charge in [0.15, 0.2) is 0 Å². The second kappa shape index (κ2) is 9.62. The molecular formula is C50H31N. The highest BCUT2D eigenvalue weighted by atomic mass is 15.0. The Balaban J connectivity index is 1.26. The number of hydrogen-bond acceptors (Lipinski definition) is 0. The maximum atomic E-state index is 2.56. The van der Waals surface area contributed by atoms with E-state index in [1.807, 2.05) is 0 Å². The molecule has 0 N–H and O–H groups in total. The third kappa shape index (κ3) is 3.32. The summed E-state index contributed by atoms with van der Waals surface area (Å²) in [6.45, 7) is 2.20. The molecule has 9 aromatic carbocycles. The number of rotatable bonds is 1. The highest BCUT2D eigenvalue weighted by Gasteiger charge is 2.52. The smallest absolute Gasteiger partial charge is 0.0726 e. The highest BCUT2D eigenvalue weighted by molar-refractivity contribution is 6.26. The van der Waals surface area contributed by atoms with Gasteiger partial charge in [-0.15, -0.1) is 0 Å². The van der Waals surface area contributed by atoms with Gasteiger partial charge >= 0.3 is 0 Å². The lowest BCUT2D eigenvalue weighted by Gasteiger charge is -2.31. The van der Waals surface area contributed by atoms with Gasteiger partial charge in [0.1, 0.15) is 0 Å². The molecule has 0 fully saturated rings. The normalized spacial score (nSPS) is 13.7. The van der Waals surface area contributed by atoms with Gasteiger partial charge in [0.25, 0.3) is 0 Å². The maximum absolute atomic E-state index is 2.56. The number of fused-ring (bicyclic) bond motifs is 19. The van der Waals surface area contributed by atoms with Crippen molar-refractivity contribution in [2.75, 3.05) is 0 Å². The Labute approximate surface area is 295 Å². The van der Waals surface area contributed by atoms with Crippen molar-refractivity contribution in [1.29, 1.82) is 0 Å². The monoisotopic (exact) mass is 645 g/mol. The predicted octanol–water partition coefficient (Wildman–Crippen LogP) is 12.9. The van der Waals surface area contributed by atoms with E-state index in [1.165, 1.54) is 110 Å². The fourth-order valence-corrected chi connectivity index (χ4v) is 10.0. The average molecular weight is 646 g/mol. The first kappa shape index (κ1) is 27.4. The molecule has 2 aliphatic rings. The molecule has 236 valence electrons. The zero-order chi connectivity index (χ0) is 33.4. The van der Waals surface area contributed by atoms with Crippen molar-refractivity contribution in [1.82, 2.24) is 4.57 Å². The second-order valence-corrected chi connectivity index (χ2v) is 14.5. The van der Waals surface area contributed by atoms with Crippen molar-refractivity contribution in [3.63, 3.8) is 0 Å². The summed E-state index contributed by atoms with van der Waals surface area (Å²) in [5, 5.41) is 10.5. The van der Waals surface area contributed by atoms with Crippen LogP contribution in [0.15, 0.2) is 170 Å². The van der Waals surface area contributed by atoms with Gasteiger partial charge in [-0.3, -0.25) is 0 Å². The summed E-state index contributed by atoms with van der Waals surface area (Å²) >= 11 is 0. The molecule has 0 radical (unpaired) electrons. The summed E-state index contributed by atoms with van der Waals surface area (Å²) in [4.78, 5) is 0. The quantitative estimate of drug-likeness (QED) is 0.157. The van der Waals surface area contributed by atoms with Crippen molar-refractivity contribution in [2.24, 2.45) is 0 Å². The Morgan fingerprint density at radius 1 is 0.333 bits per heavy atom. The Bertz CT molecular complexity index is 3060. The van der Waals surface area contributed by atoms with Gasteiger partial charge in [-0.2, -0.15) is 0 Å². The standard InChI is InChI=1S/C50H31N/c1-30-22-24-34-40(26-30)32-12-2-3-13-33(32)41-28-43-37-25-23-31(51-48-20-10-6-16-38(48)39-17-7-11-21-49(39)51)27-46(37)50(47(43)29-42(34)41)44-18-8-4-14-35(44)36-15-5-9-19-45(36)50/h2-29H,1H3. The molecule has 0 bridgehead atoms. The lowest BCUT2D eigenvalue weighted by molar-refractivity contribution is 0.794. The molecule has 0 atom stereocenters. The fraction of sp³-hybridized carbons (Fsp3) is 0.0400. The van der Waals surface area contributed by atoms with E-state index in [-0.39, 0.29) is 0 Å².